The molecule has 1 aromatic carbocycles. The number of rotatable bonds is 4. The molecule has 0 radical (unpaired) electrons. The number of nitrogens with zero attached hydrogens (tertiary/aromatic N) is 1. The molecule has 1 aliphatic rings. The molecule has 116 valence electrons. The molecule has 0 saturated carbocycles. The van der Waals surface area contributed by atoms with Gasteiger partial charge < -0.3 is 20.3 Å². The highest BCUT2D eigenvalue weighted by atomic mass is 16.5. The number of aromatic nitrogens is 1. The van der Waals surface area contributed by atoms with Crippen LogP contribution in [0.3, 0.4) is 0 Å². The van der Waals surface area contributed by atoms with Crippen LogP contribution in [0.5, 0.6) is 5.75 Å². The Bertz CT molecular complexity index is 648. The molecule has 3 rings (SSSR count). The smallest absolute Gasteiger partial charge is 0.277 e. The first-order chi connectivity index (χ1) is 10.7. The fraction of sp³-hybridized carbons (Fsp3) is 0.375. The van der Waals surface area contributed by atoms with E-state index in [0.717, 1.165) is 38.1 Å². The molecule has 3 N–H and O–H groups in total. The van der Waals surface area contributed by atoms with Crippen LogP contribution in [0.25, 0.3) is 0 Å². The minimum atomic E-state index is -0.387. The van der Waals surface area contributed by atoms with E-state index in [9.17, 15) is 9.90 Å². The fourth-order valence-corrected chi connectivity index (χ4v) is 2.65. The standard InChI is InChI=1S/C16H19N3O3/c20-15-4-2-1-3-13(15)18-16(21)14-10-12(22-19-14)9-11-5-7-17-8-6-11/h1-4,10-11,17,20H,5-9H2,(H,18,21). The average molecular weight is 301 g/mol. The van der Waals surface area contributed by atoms with Crippen LogP contribution in [0.1, 0.15) is 29.1 Å². The SMILES string of the molecule is O=C(Nc1ccccc1O)c1cc(CC2CCNCC2)on1. The van der Waals surface area contributed by atoms with Gasteiger partial charge in [0.05, 0.1) is 5.69 Å². The molecule has 0 unspecified atom stereocenters. The third-order valence-corrected chi connectivity index (χ3v) is 3.89. The van der Waals surface area contributed by atoms with Gasteiger partial charge in [-0.25, -0.2) is 0 Å². The van der Waals surface area contributed by atoms with Gasteiger partial charge in [0, 0.05) is 12.5 Å². The number of hydrogen-bond donors (Lipinski definition) is 3. The van der Waals surface area contributed by atoms with E-state index in [1.54, 1.807) is 24.3 Å². The Morgan fingerprint density at radius 3 is 2.91 bits per heavy atom. The number of nitrogens with one attached hydrogen (secondary N) is 2. The number of phenolic OH excluding ortho intramolecular Hbond substituents is 1. The summed E-state index contributed by atoms with van der Waals surface area (Å²) in [6.45, 7) is 2.05. The van der Waals surface area contributed by atoms with Crippen molar-refractivity contribution in [3.05, 3.63) is 41.8 Å². The summed E-state index contributed by atoms with van der Waals surface area (Å²) in [5, 5.41) is 19.4. The van der Waals surface area contributed by atoms with E-state index in [4.69, 9.17) is 4.52 Å². The Balaban J connectivity index is 1.63. The third-order valence-electron chi connectivity index (χ3n) is 3.89. The van der Waals surface area contributed by atoms with Crippen LogP contribution in [0.15, 0.2) is 34.9 Å². The lowest BCUT2D eigenvalue weighted by Crippen LogP contribution is -2.28. The highest BCUT2D eigenvalue weighted by Crippen LogP contribution is 2.23. The normalized spacial score (nSPS) is 15.6. The first kappa shape index (κ1) is 14.6. The summed E-state index contributed by atoms with van der Waals surface area (Å²) >= 11 is 0. The summed E-state index contributed by atoms with van der Waals surface area (Å²) in [6.07, 6.45) is 3.03. The van der Waals surface area contributed by atoms with E-state index in [-0.39, 0.29) is 17.4 Å². The predicted molar refractivity (Wildman–Crippen MR) is 81.9 cm³/mol. The second-order valence-corrected chi connectivity index (χ2v) is 5.55. The monoisotopic (exact) mass is 301 g/mol. The third kappa shape index (κ3) is 3.46. The molecular formula is C16H19N3O3. The minimum Gasteiger partial charge on any atom is -0.506 e. The number of anilines is 1. The van der Waals surface area contributed by atoms with Gasteiger partial charge in [-0.2, -0.15) is 0 Å². The Morgan fingerprint density at radius 2 is 2.14 bits per heavy atom. The molecule has 0 atom stereocenters. The number of para-hydroxylation sites is 2. The van der Waals surface area contributed by atoms with Crippen molar-refractivity contribution >= 4 is 11.6 Å². The van der Waals surface area contributed by atoms with Crippen LogP contribution in [-0.2, 0) is 6.42 Å². The number of benzene rings is 1. The molecule has 0 spiro atoms. The average Bonchev–Trinajstić information content (AvgIpc) is 2.99. The van der Waals surface area contributed by atoms with Gasteiger partial charge >= 0.3 is 0 Å². The van der Waals surface area contributed by atoms with E-state index in [1.807, 2.05) is 0 Å². The van der Waals surface area contributed by atoms with E-state index < -0.39 is 0 Å². The van der Waals surface area contributed by atoms with Crippen LogP contribution in [0.4, 0.5) is 5.69 Å². The number of carbonyl (C=O) groups excluding carboxylic acids is 1. The van der Waals surface area contributed by atoms with E-state index in [0.29, 0.717) is 11.6 Å². The first-order valence-corrected chi connectivity index (χ1v) is 7.48. The van der Waals surface area contributed by atoms with Crippen LogP contribution >= 0.6 is 0 Å². The lowest BCUT2D eigenvalue weighted by molar-refractivity contribution is 0.101. The zero-order valence-corrected chi connectivity index (χ0v) is 12.2. The van der Waals surface area contributed by atoms with Crippen molar-refractivity contribution in [1.29, 1.82) is 0 Å². The summed E-state index contributed by atoms with van der Waals surface area (Å²) in [4.78, 5) is 12.1. The van der Waals surface area contributed by atoms with Gasteiger partial charge in [-0.15, -0.1) is 0 Å². The predicted octanol–water partition coefficient (Wildman–Crippen LogP) is 2.17. The van der Waals surface area contributed by atoms with Crippen LogP contribution in [0, 0.1) is 5.92 Å². The van der Waals surface area contributed by atoms with Crippen LogP contribution < -0.4 is 10.6 Å². The molecule has 0 bridgehead atoms. The summed E-state index contributed by atoms with van der Waals surface area (Å²) < 4.78 is 5.26. The summed E-state index contributed by atoms with van der Waals surface area (Å²) in [5.41, 5.74) is 0.586. The molecule has 6 heteroatoms. The molecule has 6 nitrogen and oxygen atoms in total. The highest BCUT2D eigenvalue weighted by Gasteiger charge is 2.18. The fourth-order valence-electron chi connectivity index (χ4n) is 2.65. The Hall–Kier alpha value is -2.34. The second kappa shape index (κ2) is 6.62. The van der Waals surface area contributed by atoms with Crippen molar-refractivity contribution in [2.24, 2.45) is 5.92 Å². The van der Waals surface area contributed by atoms with Gasteiger partial charge in [-0.05, 0) is 44.0 Å². The number of amides is 1. The van der Waals surface area contributed by atoms with E-state index >= 15 is 0 Å². The lowest BCUT2D eigenvalue weighted by atomic mass is 9.93. The molecule has 2 aromatic rings. The number of aromatic hydroxyl groups is 1. The zero-order valence-electron chi connectivity index (χ0n) is 12.2. The maximum atomic E-state index is 12.1. The molecule has 1 amide bonds. The van der Waals surface area contributed by atoms with Gasteiger partial charge in [0.15, 0.2) is 5.69 Å². The molecular weight excluding hydrogens is 282 g/mol. The van der Waals surface area contributed by atoms with Gasteiger partial charge in [0.25, 0.3) is 5.91 Å². The van der Waals surface area contributed by atoms with Crippen molar-refractivity contribution in [2.75, 3.05) is 18.4 Å². The Labute approximate surface area is 128 Å². The molecule has 1 fully saturated rings. The number of piperidine rings is 1. The molecule has 1 aromatic heterocycles. The maximum Gasteiger partial charge on any atom is 0.277 e. The van der Waals surface area contributed by atoms with Crippen molar-refractivity contribution in [3.8, 4) is 5.75 Å². The molecule has 22 heavy (non-hydrogen) atoms. The maximum absolute atomic E-state index is 12.1. The molecule has 1 saturated heterocycles. The Kier molecular flexibility index (Phi) is 4.39. The van der Waals surface area contributed by atoms with Crippen LogP contribution in [0.2, 0.25) is 0 Å². The van der Waals surface area contributed by atoms with Gasteiger partial charge in [0.1, 0.15) is 11.5 Å². The summed E-state index contributed by atoms with van der Waals surface area (Å²) in [7, 11) is 0. The van der Waals surface area contributed by atoms with Crippen molar-refractivity contribution < 1.29 is 14.4 Å². The first-order valence-electron chi connectivity index (χ1n) is 7.48. The highest BCUT2D eigenvalue weighted by molar-refractivity contribution is 6.03. The van der Waals surface area contributed by atoms with Crippen molar-refractivity contribution in [2.45, 2.75) is 19.3 Å². The minimum absolute atomic E-state index is 0.0225. The van der Waals surface area contributed by atoms with Crippen molar-refractivity contribution in [3.63, 3.8) is 0 Å². The quantitative estimate of drug-likeness (QED) is 0.753. The van der Waals surface area contributed by atoms with E-state index in [1.165, 1.54) is 6.07 Å². The molecule has 2 heterocycles. The number of phenols is 1. The topological polar surface area (TPSA) is 87.4 Å². The van der Waals surface area contributed by atoms with Gasteiger partial charge in [0.2, 0.25) is 0 Å². The van der Waals surface area contributed by atoms with Crippen molar-refractivity contribution in [1.82, 2.24) is 10.5 Å². The lowest BCUT2D eigenvalue weighted by Gasteiger charge is -2.21. The number of carbonyl (C=O) groups is 1. The van der Waals surface area contributed by atoms with E-state index in [2.05, 4.69) is 15.8 Å². The summed E-state index contributed by atoms with van der Waals surface area (Å²) in [6, 6.07) is 8.25. The van der Waals surface area contributed by atoms with Gasteiger partial charge in [-0.3, -0.25) is 4.79 Å². The van der Waals surface area contributed by atoms with Crippen LogP contribution in [-0.4, -0.2) is 29.3 Å². The largest absolute Gasteiger partial charge is 0.506 e. The second-order valence-electron chi connectivity index (χ2n) is 5.55. The Morgan fingerprint density at radius 1 is 1.36 bits per heavy atom. The van der Waals surface area contributed by atoms with Gasteiger partial charge in [-0.1, -0.05) is 17.3 Å². The molecule has 0 aliphatic carbocycles. The zero-order chi connectivity index (χ0) is 15.4. The summed E-state index contributed by atoms with van der Waals surface area (Å²) in [5.74, 6) is 0.939. The number of hydrogen-bond acceptors (Lipinski definition) is 5. The molecule has 1 aliphatic heterocycles.